The Morgan fingerprint density at radius 2 is 1.75 bits per heavy atom. The van der Waals surface area contributed by atoms with Crippen LogP contribution >= 0.6 is 0 Å². The van der Waals surface area contributed by atoms with Crippen LogP contribution in [0.15, 0.2) is 0 Å². The highest BCUT2D eigenvalue weighted by Crippen LogP contribution is 2.33. The molecule has 1 atom stereocenters. The molecule has 0 saturated heterocycles. The molecule has 2 N–H and O–H groups in total. The van der Waals surface area contributed by atoms with Gasteiger partial charge in [-0.1, -0.05) is 34.1 Å². The van der Waals surface area contributed by atoms with Gasteiger partial charge < -0.3 is 5.73 Å². The Morgan fingerprint density at radius 1 is 1.25 bits per heavy atom. The maximum absolute atomic E-state index is 12.2. The number of hydrogen-bond donors (Lipinski definition) is 1. The van der Waals surface area contributed by atoms with Crippen molar-refractivity contribution in [3.8, 4) is 0 Å². The van der Waals surface area contributed by atoms with Gasteiger partial charge in [-0.3, -0.25) is 4.79 Å². The van der Waals surface area contributed by atoms with Gasteiger partial charge in [-0.2, -0.15) is 0 Å². The van der Waals surface area contributed by atoms with Crippen LogP contribution in [0.2, 0.25) is 0 Å². The van der Waals surface area contributed by atoms with Gasteiger partial charge in [0.1, 0.15) is 0 Å². The molecule has 0 radical (unpaired) electrons. The smallest absolute Gasteiger partial charge is 0.153 e. The van der Waals surface area contributed by atoms with Crippen LogP contribution in [0.25, 0.3) is 0 Å². The van der Waals surface area contributed by atoms with E-state index in [9.17, 15) is 4.79 Å². The largest absolute Gasteiger partial charge is 0.321 e. The Hall–Kier alpha value is -0.370. The van der Waals surface area contributed by atoms with Crippen molar-refractivity contribution in [2.75, 3.05) is 0 Å². The molecular formula is C14H27NO. The number of carbonyl (C=O) groups is 1. The van der Waals surface area contributed by atoms with Crippen LogP contribution in [0, 0.1) is 17.3 Å². The van der Waals surface area contributed by atoms with Crippen molar-refractivity contribution in [1.29, 1.82) is 0 Å². The monoisotopic (exact) mass is 225 g/mol. The highest BCUT2D eigenvalue weighted by Gasteiger charge is 2.34. The first-order valence-electron chi connectivity index (χ1n) is 6.65. The first-order chi connectivity index (χ1) is 7.36. The molecule has 0 aromatic heterocycles. The maximum atomic E-state index is 12.2. The Labute approximate surface area is 100.0 Å². The molecule has 0 heterocycles. The minimum absolute atomic E-state index is 0.0985. The Balaban J connectivity index is 2.51. The number of ketones is 1. The Kier molecular flexibility index (Phi) is 4.54. The van der Waals surface area contributed by atoms with E-state index in [2.05, 4.69) is 6.92 Å². The van der Waals surface area contributed by atoms with E-state index in [0.717, 1.165) is 18.8 Å². The zero-order valence-corrected chi connectivity index (χ0v) is 11.3. The highest BCUT2D eigenvalue weighted by atomic mass is 16.1. The van der Waals surface area contributed by atoms with Crippen molar-refractivity contribution in [1.82, 2.24) is 0 Å². The average molecular weight is 225 g/mol. The van der Waals surface area contributed by atoms with Crippen molar-refractivity contribution in [3.63, 3.8) is 0 Å². The average Bonchev–Trinajstić information content (AvgIpc) is 2.26. The first kappa shape index (κ1) is 13.7. The predicted molar refractivity (Wildman–Crippen MR) is 68.2 cm³/mol. The van der Waals surface area contributed by atoms with Crippen molar-refractivity contribution in [2.24, 2.45) is 23.0 Å². The molecule has 0 spiro atoms. The van der Waals surface area contributed by atoms with E-state index >= 15 is 0 Å². The lowest BCUT2D eigenvalue weighted by atomic mass is 9.74. The van der Waals surface area contributed by atoms with Gasteiger partial charge in [0.05, 0.1) is 6.04 Å². The molecule has 0 aliphatic heterocycles. The Bertz CT molecular complexity index is 234. The molecule has 1 aliphatic rings. The molecule has 0 aromatic carbocycles. The third-order valence-corrected chi connectivity index (χ3v) is 4.07. The second-order valence-corrected chi connectivity index (χ2v) is 6.37. The van der Waals surface area contributed by atoms with Crippen LogP contribution in [0.1, 0.15) is 59.8 Å². The van der Waals surface area contributed by atoms with Crippen molar-refractivity contribution < 1.29 is 4.79 Å². The van der Waals surface area contributed by atoms with E-state index < -0.39 is 0 Å². The lowest BCUT2D eigenvalue weighted by molar-refractivity contribution is -0.127. The topological polar surface area (TPSA) is 43.1 Å². The molecule has 0 bridgehead atoms. The lowest BCUT2D eigenvalue weighted by Gasteiger charge is -2.32. The van der Waals surface area contributed by atoms with Crippen LogP contribution in [-0.2, 0) is 4.79 Å². The fourth-order valence-corrected chi connectivity index (χ4v) is 2.54. The van der Waals surface area contributed by atoms with E-state index in [0.29, 0.717) is 5.78 Å². The summed E-state index contributed by atoms with van der Waals surface area (Å²) in [5.74, 6) is 1.37. The summed E-state index contributed by atoms with van der Waals surface area (Å²) in [5.41, 5.74) is 5.94. The molecule has 1 unspecified atom stereocenters. The molecule has 2 nitrogen and oxygen atoms in total. The summed E-state index contributed by atoms with van der Waals surface area (Å²) in [5, 5.41) is 0. The molecule has 94 valence electrons. The predicted octanol–water partition coefficient (Wildman–Crippen LogP) is 3.15. The first-order valence-corrected chi connectivity index (χ1v) is 6.65. The van der Waals surface area contributed by atoms with E-state index in [1.165, 1.54) is 19.3 Å². The summed E-state index contributed by atoms with van der Waals surface area (Å²) < 4.78 is 0. The summed E-state index contributed by atoms with van der Waals surface area (Å²) in [6, 6.07) is -0.296. The van der Waals surface area contributed by atoms with Crippen molar-refractivity contribution in [2.45, 2.75) is 65.8 Å². The lowest BCUT2D eigenvalue weighted by Crippen LogP contribution is -2.46. The van der Waals surface area contributed by atoms with Crippen LogP contribution < -0.4 is 5.73 Å². The summed E-state index contributed by atoms with van der Waals surface area (Å²) in [4.78, 5) is 12.2. The number of nitrogens with two attached hydrogens (primary N) is 1. The zero-order valence-electron chi connectivity index (χ0n) is 11.3. The molecule has 0 aromatic rings. The van der Waals surface area contributed by atoms with Crippen LogP contribution in [0.3, 0.4) is 0 Å². The van der Waals surface area contributed by atoms with E-state index in [4.69, 9.17) is 5.73 Å². The minimum Gasteiger partial charge on any atom is -0.321 e. The highest BCUT2D eigenvalue weighted by molar-refractivity contribution is 5.86. The van der Waals surface area contributed by atoms with E-state index in [1.54, 1.807) is 0 Å². The van der Waals surface area contributed by atoms with Gasteiger partial charge in [-0.05, 0) is 37.0 Å². The zero-order chi connectivity index (χ0) is 12.3. The molecule has 16 heavy (non-hydrogen) atoms. The fourth-order valence-electron chi connectivity index (χ4n) is 2.54. The summed E-state index contributed by atoms with van der Waals surface area (Å²) in [7, 11) is 0. The van der Waals surface area contributed by atoms with E-state index in [-0.39, 0.29) is 17.4 Å². The fraction of sp³-hybridized carbons (Fsp3) is 0.929. The number of Topliss-reactive ketones (excluding diaryl/α,β-unsaturated/α-hetero) is 1. The molecule has 1 fully saturated rings. The molecule has 2 heteroatoms. The van der Waals surface area contributed by atoms with Gasteiger partial charge in [-0.15, -0.1) is 0 Å². The van der Waals surface area contributed by atoms with Crippen LogP contribution in [0.4, 0.5) is 0 Å². The second kappa shape index (κ2) is 5.31. The van der Waals surface area contributed by atoms with Crippen LogP contribution in [-0.4, -0.2) is 11.8 Å². The molecule has 0 amide bonds. The number of rotatable bonds is 3. The summed E-state index contributed by atoms with van der Waals surface area (Å²) >= 11 is 0. The second-order valence-electron chi connectivity index (χ2n) is 6.37. The molecule has 1 aliphatic carbocycles. The molecular weight excluding hydrogens is 198 g/mol. The van der Waals surface area contributed by atoms with E-state index in [1.807, 2.05) is 20.8 Å². The molecule has 1 saturated carbocycles. The van der Waals surface area contributed by atoms with Gasteiger partial charge in [0, 0.05) is 5.92 Å². The van der Waals surface area contributed by atoms with Gasteiger partial charge in [0.15, 0.2) is 5.78 Å². The summed E-state index contributed by atoms with van der Waals surface area (Å²) in [6.45, 7) is 8.39. The minimum atomic E-state index is -0.296. The summed E-state index contributed by atoms with van der Waals surface area (Å²) in [6.07, 6.45) is 5.79. The van der Waals surface area contributed by atoms with Gasteiger partial charge in [0.25, 0.3) is 0 Å². The maximum Gasteiger partial charge on any atom is 0.153 e. The standard InChI is InChI=1S/C14H27NO/c1-5-10-6-8-11(9-7-10)12(16)13(15)14(2,3)4/h10-11,13H,5-9,15H2,1-4H3. The van der Waals surface area contributed by atoms with Gasteiger partial charge >= 0.3 is 0 Å². The number of hydrogen-bond acceptors (Lipinski definition) is 2. The van der Waals surface area contributed by atoms with Crippen molar-refractivity contribution in [3.05, 3.63) is 0 Å². The van der Waals surface area contributed by atoms with Crippen LogP contribution in [0.5, 0.6) is 0 Å². The third kappa shape index (κ3) is 3.31. The molecule has 1 rings (SSSR count). The van der Waals surface area contributed by atoms with Gasteiger partial charge in [-0.25, -0.2) is 0 Å². The quantitative estimate of drug-likeness (QED) is 0.802. The van der Waals surface area contributed by atoms with Gasteiger partial charge in [0.2, 0.25) is 0 Å². The SMILES string of the molecule is CCC1CCC(C(=O)C(N)C(C)(C)C)CC1. The third-order valence-electron chi connectivity index (χ3n) is 4.07. The van der Waals surface area contributed by atoms with Crippen molar-refractivity contribution >= 4 is 5.78 Å². The number of carbonyl (C=O) groups excluding carboxylic acids is 1. The Morgan fingerprint density at radius 3 is 2.12 bits per heavy atom. The normalized spacial score (nSPS) is 28.8.